The number of amides is 1. The second-order valence-corrected chi connectivity index (χ2v) is 13.9. The molecule has 1 unspecified atom stereocenters. The van der Waals surface area contributed by atoms with Crippen LogP contribution in [-0.4, -0.2) is 93.2 Å². The average Bonchev–Trinajstić information content (AvgIpc) is 3.65. The van der Waals surface area contributed by atoms with Gasteiger partial charge in [0.15, 0.2) is 9.84 Å². The first-order valence-electron chi connectivity index (χ1n) is 15.1. The molecule has 248 valence electrons. The zero-order valence-corrected chi connectivity index (χ0v) is 26.8. The van der Waals surface area contributed by atoms with Crippen molar-refractivity contribution in [1.82, 2.24) is 19.8 Å². The first kappa shape index (κ1) is 33.6. The number of benzene rings is 2. The van der Waals surface area contributed by atoms with Crippen molar-refractivity contribution in [2.24, 2.45) is 5.92 Å². The van der Waals surface area contributed by atoms with E-state index in [4.69, 9.17) is 9.47 Å². The van der Waals surface area contributed by atoms with Gasteiger partial charge in [-0.15, -0.1) is 0 Å². The van der Waals surface area contributed by atoms with E-state index in [1.54, 1.807) is 0 Å². The Morgan fingerprint density at radius 1 is 1.22 bits per heavy atom. The van der Waals surface area contributed by atoms with Crippen LogP contribution in [0.1, 0.15) is 42.1 Å². The first-order chi connectivity index (χ1) is 21.8. The minimum Gasteiger partial charge on any atom is -0.495 e. The summed E-state index contributed by atoms with van der Waals surface area (Å²) in [7, 11) is -2.00. The summed E-state index contributed by atoms with van der Waals surface area (Å²) in [5, 5.41) is 6.13. The number of fused-ring (bicyclic) bond motifs is 1. The van der Waals surface area contributed by atoms with E-state index in [1.807, 2.05) is 0 Å². The topological polar surface area (TPSA) is 115 Å². The lowest BCUT2D eigenvalue weighted by atomic mass is 9.93. The predicted octanol–water partition coefficient (Wildman–Crippen LogP) is 4.09. The molecule has 2 aromatic carbocycles. The van der Waals surface area contributed by atoms with Crippen molar-refractivity contribution in [3.05, 3.63) is 47.8 Å². The van der Waals surface area contributed by atoms with E-state index in [0.717, 1.165) is 62.7 Å². The molecule has 0 bridgehead atoms. The van der Waals surface area contributed by atoms with Gasteiger partial charge in [-0.3, -0.25) is 4.79 Å². The molecular formula is C32H38F3N5O5S. The van der Waals surface area contributed by atoms with Crippen LogP contribution in [0, 0.1) is 17.8 Å². The molecule has 1 amide bonds. The molecule has 0 radical (unpaired) electrons. The standard InChI is InChI=1S/C32H38F3N5O5S/c1-21-17-39(18-23-7-5-13-45-23)12-10-26(21)38-31(41)25-14-22(15-28-30(25)37-20-40(28)19-32(33,34)35)6-4-11-36-27-16-24(46(3,42)43)8-9-29(27)44-2/h8-9,14-16,20-21,23,26,36H,5,7,10-13,17-19H2,1-3H3,(H,38,41)/t21-,23?,26-/m0/s1. The Bertz CT molecular complexity index is 1740. The van der Waals surface area contributed by atoms with Gasteiger partial charge in [-0.1, -0.05) is 18.8 Å². The minimum atomic E-state index is -4.49. The van der Waals surface area contributed by atoms with Crippen molar-refractivity contribution in [1.29, 1.82) is 0 Å². The van der Waals surface area contributed by atoms with Gasteiger partial charge in [-0.2, -0.15) is 13.2 Å². The lowest BCUT2D eigenvalue weighted by Crippen LogP contribution is -2.51. The number of sulfone groups is 1. The number of aromatic nitrogens is 2. The number of rotatable bonds is 9. The molecule has 2 aliphatic heterocycles. The second kappa shape index (κ2) is 13.9. The van der Waals surface area contributed by atoms with Crippen LogP contribution in [0.15, 0.2) is 41.6 Å². The highest BCUT2D eigenvalue weighted by molar-refractivity contribution is 7.90. The maximum Gasteiger partial charge on any atom is 0.406 e. The Morgan fingerprint density at radius 3 is 2.70 bits per heavy atom. The number of methoxy groups -OCH3 is 1. The van der Waals surface area contributed by atoms with Gasteiger partial charge in [-0.05, 0) is 55.5 Å². The van der Waals surface area contributed by atoms with E-state index < -0.39 is 28.5 Å². The van der Waals surface area contributed by atoms with Crippen LogP contribution < -0.4 is 15.4 Å². The van der Waals surface area contributed by atoms with E-state index in [2.05, 4.69) is 39.3 Å². The van der Waals surface area contributed by atoms with Gasteiger partial charge in [0.25, 0.3) is 5.91 Å². The average molecular weight is 662 g/mol. The summed E-state index contributed by atoms with van der Waals surface area (Å²) in [6, 6.07) is 7.31. The SMILES string of the molecule is COc1ccc(S(C)(=O)=O)cc1NCC#Cc1cc(C(=O)N[C@H]2CCN(CC3CCCO3)C[C@@H]2C)c2ncn(CC(F)(F)F)c2c1. The van der Waals surface area contributed by atoms with E-state index in [-0.39, 0.29) is 46.1 Å². The number of anilines is 1. The highest BCUT2D eigenvalue weighted by atomic mass is 32.2. The fourth-order valence-electron chi connectivity index (χ4n) is 6.00. The number of likely N-dealkylation sites (tertiary alicyclic amines) is 1. The minimum absolute atomic E-state index is 0.0624. The number of halogens is 3. The molecule has 46 heavy (non-hydrogen) atoms. The van der Waals surface area contributed by atoms with Gasteiger partial charge in [0.2, 0.25) is 0 Å². The fraction of sp³-hybridized carbons (Fsp3) is 0.500. The van der Waals surface area contributed by atoms with Crippen molar-refractivity contribution in [2.45, 2.75) is 55.9 Å². The van der Waals surface area contributed by atoms with Crippen LogP contribution in [0.5, 0.6) is 5.75 Å². The van der Waals surface area contributed by atoms with Crippen LogP contribution in [0.2, 0.25) is 0 Å². The molecule has 0 aliphatic carbocycles. The molecular weight excluding hydrogens is 623 g/mol. The van der Waals surface area contributed by atoms with E-state index in [9.17, 15) is 26.4 Å². The highest BCUT2D eigenvalue weighted by Gasteiger charge is 2.32. The zero-order valence-electron chi connectivity index (χ0n) is 26.0. The van der Waals surface area contributed by atoms with Crippen molar-refractivity contribution < 1.29 is 35.9 Å². The van der Waals surface area contributed by atoms with Crippen LogP contribution in [0.25, 0.3) is 11.0 Å². The third kappa shape index (κ3) is 8.31. The van der Waals surface area contributed by atoms with E-state index in [1.165, 1.54) is 37.4 Å². The molecule has 14 heteroatoms. The Morgan fingerprint density at radius 2 is 2.02 bits per heavy atom. The molecule has 3 heterocycles. The number of ether oxygens (including phenoxy) is 2. The van der Waals surface area contributed by atoms with E-state index in [0.29, 0.717) is 17.0 Å². The molecule has 2 aliphatic rings. The molecule has 2 fully saturated rings. The smallest absolute Gasteiger partial charge is 0.406 e. The third-order valence-corrected chi connectivity index (χ3v) is 9.42. The summed E-state index contributed by atoms with van der Waals surface area (Å²) in [5.41, 5.74) is 1.20. The summed E-state index contributed by atoms with van der Waals surface area (Å²) >= 11 is 0. The number of imidazole rings is 1. The summed E-state index contributed by atoms with van der Waals surface area (Å²) in [6.07, 6.45) is 0.810. The first-order valence-corrected chi connectivity index (χ1v) is 17.0. The maximum absolute atomic E-state index is 13.6. The molecule has 5 rings (SSSR count). The summed E-state index contributed by atoms with van der Waals surface area (Å²) in [5.74, 6) is 5.98. The second-order valence-electron chi connectivity index (χ2n) is 11.9. The lowest BCUT2D eigenvalue weighted by molar-refractivity contribution is -0.139. The Kier molecular flexibility index (Phi) is 10.1. The van der Waals surface area contributed by atoms with Crippen LogP contribution in [0.3, 0.4) is 0 Å². The number of carbonyl (C=O) groups excluding carboxylic acids is 1. The van der Waals surface area contributed by atoms with Gasteiger partial charge in [-0.25, -0.2) is 13.4 Å². The van der Waals surface area contributed by atoms with Crippen LogP contribution in [-0.2, 0) is 21.1 Å². The van der Waals surface area contributed by atoms with Gasteiger partial charge in [0, 0.05) is 44.1 Å². The number of piperidine rings is 1. The number of nitrogens with one attached hydrogen (secondary N) is 2. The molecule has 0 spiro atoms. The molecule has 0 saturated carbocycles. The van der Waals surface area contributed by atoms with E-state index >= 15 is 0 Å². The van der Waals surface area contributed by atoms with Gasteiger partial charge >= 0.3 is 6.18 Å². The lowest BCUT2D eigenvalue weighted by Gasteiger charge is -2.38. The van der Waals surface area contributed by atoms with Crippen molar-refractivity contribution in [3.8, 4) is 17.6 Å². The highest BCUT2D eigenvalue weighted by Crippen LogP contribution is 2.28. The molecule has 3 aromatic rings. The molecule has 2 saturated heterocycles. The van der Waals surface area contributed by atoms with Gasteiger partial charge < -0.3 is 29.6 Å². The van der Waals surface area contributed by atoms with Gasteiger partial charge in [0.05, 0.1) is 47.7 Å². The normalized spacial score (nSPS) is 20.7. The summed E-state index contributed by atoms with van der Waals surface area (Å²) in [4.78, 5) is 20.3. The van der Waals surface area contributed by atoms with Crippen molar-refractivity contribution in [2.75, 3.05) is 51.5 Å². The Labute approximate surface area is 266 Å². The van der Waals surface area contributed by atoms with Crippen LogP contribution >= 0.6 is 0 Å². The fourth-order valence-corrected chi connectivity index (χ4v) is 6.65. The molecule has 2 N–H and O–H groups in total. The Balaban J connectivity index is 1.35. The van der Waals surface area contributed by atoms with Gasteiger partial charge in [0.1, 0.15) is 17.8 Å². The summed E-state index contributed by atoms with van der Waals surface area (Å²) in [6.45, 7) is 4.15. The number of hydrogen-bond donors (Lipinski definition) is 2. The number of hydrogen-bond acceptors (Lipinski definition) is 8. The monoisotopic (exact) mass is 661 g/mol. The third-order valence-electron chi connectivity index (χ3n) is 8.31. The predicted molar refractivity (Wildman–Crippen MR) is 168 cm³/mol. The molecule has 10 nitrogen and oxygen atoms in total. The Hall–Kier alpha value is -3.80. The van der Waals surface area contributed by atoms with Crippen LogP contribution in [0.4, 0.5) is 18.9 Å². The zero-order chi connectivity index (χ0) is 33.1. The van der Waals surface area contributed by atoms with Crippen molar-refractivity contribution in [3.63, 3.8) is 0 Å². The molecule has 3 atom stereocenters. The number of carbonyl (C=O) groups is 1. The molecule has 1 aromatic heterocycles. The summed E-state index contributed by atoms with van der Waals surface area (Å²) < 4.78 is 76.1. The van der Waals surface area contributed by atoms with Crippen molar-refractivity contribution >= 4 is 32.5 Å². The number of nitrogens with zero attached hydrogens (tertiary/aromatic N) is 3. The number of alkyl halides is 3. The largest absolute Gasteiger partial charge is 0.495 e. The quantitative estimate of drug-likeness (QED) is 0.330. The maximum atomic E-state index is 13.6.